The molecule has 0 saturated carbocycles. The van der Waals surface area contributed by atoms with Crippen LogP contribution in [0.15, 0.2) is 36.4 Å². The van der Waals surface area contributed by atoms with Gasteiger partial charge in [-0.1, -0.05) is 29.3 Å². The Morgan fingerprint density at radius 2 is 1.64 bits per heavy atom. The predicted molar refractivity (Wildman–Crippen MR) is 99.8 cm³/mol. The lowest BCUT2D eigenvalue weighted by molar-refractivity contribution is 0.101. The molecule has 0 atom stereocenters. The van der Waals surface area contributed by atoms with Gasteiger partial charge in [-0.25, -0.2) is 4.39 Å². The first-order valence-corrected chi connectivity index (χ1v) is 8.77. The van der Waals surface area contributed by atoms with E-state index in [1.54, 1.807) is 12.1 Å². The second-order valence-corrected chi connectivity index (χ2v) is 6.98. The van der Waals surface area contributed by atoms with Crippen molar-refractivity contribution in [1.29, 1.82) is 0 Å². The highest BCUT2D eigenvalue weighted by atomic mass is 19.1. The zero-order valence-electron chi connectivity index (χ0n) is 15.2. The molecule has 0 bridgehead atoms. The van der Waals surface area contributed by atoms with Crippen LogP contribution in [0.25, 0.3) is 0 Å². The van der Waals surface area contributed by atoms with Crippen LogP contribution in [-0.4, -0.2) is 36.9 Å². The van der Waals surface area contributed by atoms with E-state index in [9.17, 15) is 9.18 Å². The highest BCUT2D eigenvalue weighted by Gasteiger charge is 2.20. The van der Waals surface area contributed by atoms with Gasteiger partial charge in [-0.2, -0.15) is 0 Å². The molecule has 0 N–H and O–H groups in total. The van der Waals surface area contributed by atoms with Gasteiger partial charge in [0.05, 0.1) is 5.69 Å². The quantitative estimate of drug-likeness (QED) is 0.787. The van der Waals surface area contributed by atoms with Crippen molar-refractivity contribution in [2.24, 2.45) is 0 Å². The molecule has 0 spiro atoms. The summed E-state index contributed by atoms with van der Waals surface area (Å²) < 4.78 is 14.3. The molecule has 0 radical (unpaired) electrons. The first-order chi connectivity index (χ1) is 11.9. The third kappa shape index (κ3) is 4.26. The molecule has 1 saturated heterocycles. The maximum absolute atomic E-state index is 14.3. The van der Waals surface area contributed by atoms with E-state index in [4.69, 9.17) is 0 Å². The van der Waals surface area contributed by atoms with Crippen LogP contribution in [0.2, 0.25) is 0 Å². The second-order valence-electron chi connectivity index (χ2n) is 6.98. The molecule has 3 rings (SSSR count). The standard InChI is InChI=1S/C21H25FN2O/c1-15-10-16(2)12-18(11-15)14-23-6-8-24(9-7-23)21-5-4-19(17(3)25)13-20(21)22/h4-5,10-13H,6-9,14H2,1-3H3. The van der Waals surface area contributed by atoms with Gasteiger partial charge in [0.25, 0.3) is 0 Å². The number of nitrogens with zero attached hydrogens (tertiary/aromatic N) is 2. The van der Waals surface area contributed by atoms with Crippen molar-refractivity contribution < 1.29 is 9.18 Å². The summed E-state index contributed by atoms with van der Waals surface area (Å²) in [6, 6.07) is 11.4. The number of hydrogen-bond donors (Lipinski definition) is 0. The third-order valence-corrected chi connectivity index (χ3v) is 4.75. The van der Waals surface area contributed by atoms with Crippen LogP contribution in [0.4, 0.5) is 10.1 Å². The van der Waals surface area contributed by atoms with Crippen LogP contribution in [0, 0.1) is 19.7 Å². The molecule has 0 unspecified atom stereocenters. The molecule has 132 valence electrons. The first kappa shape index (κ1) is 17.6. The molecule has 3 nitrogen and oxygen atoms in total. The number of Topliss-reactive ketones (excluding diaryl/α,β-unsaturated/α-hetero) is 1. The molecule has 0 amide bonds. The lowest BCUT2D eigenvalue weighted by atomic mass is 10.1. The van der Waals surface area contributed by atoms with Gasteiger partial charge >= 0.3 is 0 Å². The summed E-state index contributed by atoms with van der Waals surface area (Å²) in [7, 11) is 0. The average molecular weight is 340 g/mol. The summed E-state index contributed by atoms with van der Waals surface area (Å²) in [4.78, 5) is 15.8. The van der Waals surface area contributed by atoms with Gasteiger partial charge < -0.3 is 4.90 Å². The van der Waals surface area contributed by atoms with Crippen molar-refractivity contribution in [3.8, 4) is 0 Å². The van der Waals surface area contributed by atoms with Crippen molar-refractivity contribution in [3.05, 3.63) is 64.5 Å². The van der Waals surface area contributed by atoms with Crippen LogP contribution < -0.4 is 4.90 Å². The zero-order chi connectivity index (χ0) is 18.0. The number of ketones is 1. The van der Waals surface area contributed by atoms with E-state index >= 15 is 0 Å². The number of hydrogen-bond acceptors (Lipinski definition) is 3. The normalized spacial score (nSPS) is 15.4. The van der Waals surface area contributed by atoms with Gasteiger partial charge in [0.1, 0.15) is 5.82 Å². The van der Waals surface area contributed by atoms with E-state index in [2.05, 4.69) is 41.8 Å². The molecule has 25 heavy (non-hydrogen) atoms. The molecule has 0 aromatic heterocycles. The first-order valence-electron chi connectivity index (χ1n) is 8.77. The van der Waals surface area contributed by atoms with E-state index in [0.29, 0.717) is 11.3 Å². The molecular formula is C21H25FN2O. The minimum Gasteiger partial charge on any atom is -0.367 e. The monoisotopic (exact) mass is 340 g/mol. The number of halogens is 1. The number of carbonyl (C=O) groups is 1. The van der Waals surface area contributed by atoms with E-state index in [0.717, 1.165) is 32.7 Å². The van der Waals surface area contributed by atoms with E-state index < -0.39 is 0 Å². The Hall–Kier alpha value is -2.20. The Morgan fingerprint density at radius 3 is 2.20 bits per heavy atom. The average Bonchev–Trinajstić information content (AvgIpc) is 2.54. The Morgan fingerprint density at radius 1 is 1.00 bits per heavy atom. The maximum Gasteiger partial charge on any atom is 0.159 e. The minimum atomic E-state index is -0.310. The smallest absolute Gasteiger partial charge is 0.159 e. The number of aryl methyl sites for hydroxylation is 2. The molecule has 0 aliphatic carbocycles. The largest absolute Gasteiger partial charge is 0.367 e. The van der Waals surface area contributed by atoms with Gasteiger partial charge in [-0.05, 0) is 44.5 Å². The van der Waals surface area contributed by atoms with Gasteiger partial charge in [0.15, 0.2) is 5.78 Å². The van der Waals surface area contributed by atoms with Crippen LogP contribution in [0.1, 0.15) is 34.0 Å². The lowest BCUT2D eigenvalue weighted by Gasteiger charge is -2.36. The van der Waals surface area contributed by atoms with E-state index in [1.807, 2.05) is 0 Å². The van der Waals surface area contributed by atoms with Crippen LogP contribution in [-0.2, 0) is 6.54 Å². The Kier molecular flexibility index (Phi) is 5.19. The summed E-state index contributed by atoms with van der Waals surface area (Å²) in [5, 5.41) is 0. The topological polar surface area (TPSA) is 23.6 Å². The van der Waals surface area contributed by atoms with E-state index in [1.165, 1.54) is 29.7 Å². The lowest BCUT2D eigenvalue weighted by Crippen LogP contribution is -2.46. The molecule has 1 aliphatic heterocycles. The summed E-state index contributed by atoms with van der Waals surface area (Å²) >= 11 is 0. The Bertz CT molecular complexity index is 759. The van der Waals surface area contributed by atoms with Gasteiger partial charge in [0.2, 0.25) is 0 Å². The van der Waals surface area contributed by atoms with Crippen LogP contribution in [0.5, 0.6) is 0 Å². The molecule has 2 aromatic rings. The SMILES string of the molecule is CC(=O)c1ccc(N2CCN(Cc3cc(C)cc(C)c3)CC2)c(F)c1. The van der Waals surface area contributed by atoms with E-state index in [-0.39, 0.29) is 11.6 Å². The highest BCUT2D eigenvalue weighted by molar-refractivity contribution is 5.94. The fourth-order valence-electron chi connectivity index (χ4n) is 3.55. The minimum absolute atomic E-state index is 0.108. The van der Waals surface area contributed by atoms with Crippen LogP contribution in [0.3, 0.4) is 0 Å². The Labute approximate surface area is 149 Å². The van der Waals surface area contributed by atoms with Crippen molar-refractivity contribution in [2.75, 3.05) is 31.1 Å². The molecule has 1 heterocycles. The second kappa shape index (κ2) is 7.36. The van der Waals surface area contributed by atoms with Crippen LogP contribution >= 0.6 is 0 Å². The van der Waals surface area contributed by atoms with Gasteiger partial charge in [-0.3, -0.25) is 9.69 Å². The molecule has 1 aliphatic rings. The number of carbonyl (C=O) groups excluding carboxylic acids is 1. The molecule has 4 heteroatoms. The fourth-order valence-corrected chi connectivity index (χ4v) is 3.55. The van der Waals surface area contributed by atoms with Gasteiger partial charge in [-0.15, -0.1) is 0 Å². The van der Waals surface area contributed by atoms with Crippen molar-refractivity contribution in [1.82, 2.24) is 4.90 Å². The fraction of sp³-hybridized carbons (Fsp3) is 0.381. The Balaban J connectivity index is 1.63. The van der Waals surface area contributed by atoms with Crippen molar-refractivity contribution in [2.45, 2.75) is 27.3 Å². The summed E-state index contributed by atoms with van der Waals surface area (Å²) in [5.74, 6) is -0.417. The van der Waals surface area contributed by atoms with Crippen molar-refractivity contribution in [3.63, 3.8) is 0 Å². The molecule has 1 fully saturated rings. The molecular weight excluding hydrogens is 315 g/mol. The summed E-state index contributed by atoms with van der Waals surface area (Å²) in [6.07, 6.45) is 0. The summed E-state index contributed by atoms with van der Waals surface area (Å²) in [5.41, 5.74) is 4.94. The zero-order valence-corrected chi connectivity index (χ0v) is 15.2. The number of benzene rings is 2. The third-order valence-electron chi connectivity index (χ3n) is 4.75. The number of rotatable bonds is 4. The number of anilines is 1. The highest BCUT2D eigenvalue weighted by Crippen LogP contribution is 2.23. The van der Waals surface area contributed by atoms with Crippen molar-refractivity contribution >= 4 is 11.5 Å². The number of piperazine rings is 1. The van der Waals surface area contributed by atoms with Gasteiger partial charge in [0, 0.05) is 38.3 Å². The predicted octanol–water partition coefficient (Wildman–Crippen LogP) is 3.97. The summed E-state index contributed by atoms with van der Waals surface area (Å²) in [6.45, 7) is 10.0. The maximum atomic E-state index is 14.3. The molecule has 2 aromatic carbocycles.